The third kappa shape index (κ3) is 6.12. The van der Waals surface area contributed by atoms with Crippen LogP contribution >= 0.6 is 11.6 Å². The second-order valence-corrected chi connectivity index (χ2v) is 8.94. The molecule has 3 aromatic carbocycles. The number of rotatable bonds is 10. The van der Waals surface area contributed by atoms with Crippen LogP contribution in [-0.4, -0.2) is 11.6 Å². The highest BCUT2D eigenvalue weighted by Crippen LogP contribution is 2.25. The topological polar surface area (TPSA) is 22.1 Å². The van der Waals surface area contributed by atoms with Crippen LogP contribution < -0.4 is 4.74 Å². The zero-order valence-corrected chi connectivity index (χ0v) is 20.0. The molecule has 0 radical (unpaired) electrons. The number of benzene rings is 3. The highest BCUT2D eigenvalue weighted by molar-refractivity contribution is 6.30. The van der Waals surface area contributed by atoms with Gasteiger partial charge in [0.25, 0.3) is 0 Å². The van der Waals surface area contributed by atoms with E-state index in [2.05, 4.69) is 11.9 Å². The molecule has 1 aromatic heterocycles. The Morgan fingerprint density at radius 2 is 1.65 bits per heavy atom. The van der Waals surface area contributed by atoms with Crippen molar-refractivity contribution in [3.05, 3.63) is 106 Å². The van der Waals surface area contributed by atoms with Gasteiger partial charge in [-0.05, 0) is 78.4 Å². The fourth-order valence-corrected chi connectivity index (χ4v) is 4.08. The van der Waals surface area contributed by atoms with E-state index in [9.17, 15) is 4.39 Å². The van der Waals surface area contributed by atoms with Crippen molar-refractivity contribution in [3.63, 3.8) is 0 Å². The number of halogens is 3. The fraction of sp³-hybridized carbons (Fsp3) is 0.276. The molecule has 34 heavy (non-hydrogen) atoms. The van der Waals surface area contributed by atoms with Crippen LogP contribution in [0.4, 0.5) is 8.78 Å². The van der Waals surface area contributed by atoms with Crippen molar-refractivity contribution >= 4 is 22.4 Å². The second kappa shape index (κ2) is 11.4. The number of hydrogen-bond donors (Lipinski definition) is 0. The van der Waals surface area contributed by atoms with E-state index in [4.69, 9.17) is 16.3 Å². The summed E-state index contributed by atoms with van der Waals surface area (Å²) in [5.41, 5.74) is 3.57. The molecule has 4 aromatic rings. The van der Waals surface area contributed by atoms with Gasteiger partial charge in [0.1, 0.15) is 17.4 Å². The van der Waals surface area contributed by atoms with Gasteiger partial charge < -0.3 is 4.74 Å². The minimum atomic E-state index is -0.447. The molecule has 0 bridgehead atoms. The van der Waals surface area contributed by atoms with Crippen molar-refractivity contribution in [3.8, 4) is 5.75 Å². The van der Waals surface area contributed by atoms with E-state index < -0.39 is 5.82 Å². The van der Waals surface area contributed by atoms with Crippen LogP contribution in [0.25, 0.3) is 10.8 Å². The molecule has 176 valence electrons. The van der Waals surface area contributed by atoms with Crippen LogP contribution in [0.1, 0.15) is 42.1 Å². The first-order valence-electron chi connectivity index (χ1n) is 11.7. The summed E-state index contributed by atoms with van der Waals surface area (Å²) >= 11 is 5.74. The van der Waals surface area contributed by atoms with Gasteiger partial charge in [-0.1, -0.05) is 61.3 Å². The van der Waals surface area contributed by atoms with Gasteiger partial charge in [0.05, 0.1) is 17.8 Å². The zero-order chi connectivity index (χ0) is 23.9. The average Bonchev–Trinajstić information content (AvgIpc) is 2.85. The molecule has 0 N–H and O–H groups in total. The van der Waals surface area contributed by atoms with Crippen LogP contribution in [0.2, 0.25) is 5.02 Å². The third-order valence-corrected chi connectivity index (χ3v) is 6.31. The summed E-state index contributed by atoms with van der Waals surface area (Å²) in [6, 6.07) is 18.3. The third-order valence-electron chi connectivity index (χ3n) is 6.00. The lowest BCUT2D eigenvalue weighted by molar-refractivity contribution is 0.308. The SMILES string of the molecule is CCCCOc1ccc(CCc2ccc3c(F)c(CCc4ccc(Cl)c(F)c4)ccc3c2)nc1. The number of aromatic nitrogens is 1. The fourth-order valence-electron chi connectivity index (χ4n) is 3.96. The van der Waals surface area contributed by atoms with Crippen LogP contribution in [0.3, 0.4) is 0 Å². The number of aryl methyl sites for hydroxylation is 4. The number of unbranched alkanes of at least 4 members (excludes halogenated alkanes) is 1. The van der Waals surface area contributed by atoms with Gasteiger partial charge in [-0.15, -0.1) is 0 Å². The molecule has 1 heterocycles. The first kappa shape index (κ1) is 24.2. The van der Waals surface area contributed by atoms with E-state index in [0.717, 1.165) is 53.6 Å². The monoisotopic (exact) mass is 479 g/mol. The molecule has 0 unspecified atom stereocenters. The summed E-state index contributed by atoms with van der Waals surface area (Å²) < 4.78 is 34.5. The number of pyridine rings is 1. The summed E-state index contributed by atoms with van der Waals surface area (Å²) in [6.45, 7) is 2.85. The first-order chi connectivity index (χ1) is 16.5. The molecule has 0 aliphatic heterocycles. The maximum atomic E-state index is 15.1. The lowest BCUT2D eigenvalue weighted by Gasteiger charge is -2.10. The smallest absolute Gasteiger partial charge is 0.142 e. The van der Waals surface area contributed by atoms with Crippen molar-refractivity contribution < 1.29 is 13.5 Å². The number of ether oxygens (including phenoxy) is 1. The number of fused-ring (bicyclic) bond motifs is 1. The van der Waals surface area contributed by atoms with E-state index >= 15 is 4.39 Å². The summed E-state index contributed by atoms with van der Waals surface area (Å²) in [6.07, 6.45) is 6.59. The molecule has 0 amide bonds. The molecule has 0 spiro atoms. The highest BCUT2D eigenvalue weighted by Gasteiger charge is 2.10. The largest absolute Gasteiger partial charge is 0.492 e. The Morgan fingerprint density at radius 1 is 0.853 bits per heavy atom. The lowest BCUT2D eigenvalue weighted by Crippen LogP contribution is -1.99. The molecule has 0 aliphatic carbocycles. The predicted octanol–water partition coefficient (Wildman–Crippen LogP) is 7.92. The highest BCUT2D eigenvalue weighted by atomic mass is 35.5. The van der Waals surface area contributed by atoms with Gasteiger partial charge in [-0.25, -0.2) is 8.78 Å². The molecule has 0 saturated heterocycles. The summed E-state index contributed by atoms with van der Waals surface area (Å²) in [5, 5.41) is 1.58. The van der Waals surface area contributed by atoms with Gasteiger partial charge in [0, 0.05) is 11.1 Å². The zero-order valence-electron chi connectivity index (χ0n) is 19.3. The van der Waals surface area contributed by atoms with Gasteiger partial charge in [-0.3, -0.25) is 4.98 Å². The van der Waals surface area contributed by atoms with Gasteiger partial charge >= 0.3 is 0 Å². The van der Waals surface area contributed by atoms with Crippen LogP contribution in [0.5, 0.6) is 5.75 Å². The maximum Gasteiger partial charge on any atom is 0.142 e. The van der Waals surface area contributed by atoms with Crippen LogP contribution in [-0.2, 0) is 25.7 Å². The Kier molecular flexibility index (Phi) is 8.12. The molecular weight excluding hydrogens is 452 g/mol. The summed E-state index contributed by atoms with van der Waals surface area (Å²) in [7, 11) is 0. The molecular formula is C29H28ClF2NO. The predicted molar refractivity (Wildman–Crippen MR) is 135 cm³/mol. The Hall–Kier alpha value is -2.98. The van der Waals surface area contributed by atoms with Crippen molar-refractivity contribution in [2.45, 2.75) is 45.4 Å². The number of nitrogens with zero attached hydrogens (tertiary/aromatic N) is 1. The van der Waals surface area contributed by atoms with Gasteiger partial charge in [-0.2, -0.15) is 0 Å². The van der Waals surface area contributed by atoms with Gasteiger partial charge in [0.15, 0.2) is 0 Å². The van der Waals surface area contributed by atoms with E-state index in [1.54, 1.807) is 12.3 Å². The molecule has 0 atom stereocenters. The number of hydrogen-bond acceptors (Lipinski definition) is 2. The minimum absolute atomic E-state index is 0.0978. The van der Waals surface area contributed by atoms with Crippen LogP contribution in [0, 0.1) is 11.6 Å². The van der Waals surface area contributed by atoms with Crippen LogP contribution in [0.15, 0.2) is 66.9 Å². The molecule has 0 aliphatic rings. The Balaban J connectivity index is 1.38. The van der Waals surface area contributed by atoms with E-state index in [0.29, 0.717) is 30.4 Å². The maximum absolute atomic E-state index is 15.1. The summed E-state index contributed by atoms with van der Waals surface area (Å²) in [5.74, 6) is 0.145. The van der Waals surface area contributed by atoms with E-state index in [1.165, 1.54) is 12.1 Å². The molecule has 0 saturated carbocycles. The molecule has 4 rings (SSSR count). The van der Waals surface area contributed by atoms with Crippen molar-refractivity contribution in [2.75, 3.05) is 6.61 Å². The van der Waals surface area contributed by atoms with Crippen molar-refractivity contribution in [1.82, 2.24) is 4.98 Å². The first-order valence-corrected chi connectivity index (χ1v) is 12.1. The van der Waals surface area contributed by atoms with Crippen molar-refractivity contribution in [2.24, 2.45) is 0 Å². The lowest BCUT2D eigenvalue weighted by atomic mass is 9.98. The van der Waals surface area contributed by atoms with Gasteiger partial charge in [0.2, 0.25) is 0 Å². The van der Waals surface area contributed by atoms with E-state index in [1.807, 2.05) is 42.5 Å². The average molecular weight is 480 g/mol. The quantitative estimate of drug-likeness (QED) is 0.215. The summed E-state index contributed by atoms with van der Waals surface area (Å²) in [4.78, 5) is 4.50. The Bertz CT molecular complexity index is 1260. The normalized spacial score (nSPS) is 11.2. The molecule has 5 heteroatoms. The Morgan fingerprint density at radius 3 is 2.41 bits per heavy atom. The van der Waals surface area contributed by atoms with Crippen molar-refractivity contribution in [1.29, 1.82) is 0 Å². The second-order valence-electron chi connectivity index (χ2n) is 8.53. The van der Waals surface area contributed by atoms with E-state index in [-0.39, 0.29) is 10.8 Å². The Labute approximate surface area is 204 Å². The molecule has 0 fully saturated rings. The standard InChI is InChI=1S/C29H28ClF2NO/c1-2-3-16-34-25-13-12-24(33-19-25)11-5-20-6-14-26-23(17-20)10-9-22(29(26)32)8-4-21-7-15-27(30)28(31)18-21/h6-7,9-10,12-15,17-19H,2-5,8,11,16H2,1H3. The minimum Gasteiger partial charge on any atom is -0.492 e. The molecule has 2 nitrogen and oxygen atoms in total.